The molecule has 1 amide bonds. The number of anilines is 1. The Kier molecular flexibility index (Phi) is 6.42. The predicted molar refractivity (Wildman–Crippen MR) is 139 cm³/mol. The molecular formula is C27H19ClN4OS. The molecule has 166 valence electrons. The smallest absolute Gasteiger partial charge is 0.256 e. The van der Waals surface area contributed by atoms with Gasteiger partial charge in [-0.1, -0.05) is 53.7 Å². The van der Waals surface area contributed by atoms with Gasteiger partial charge in [0.1, 0.15) is 0 Å². The monoisotopic (exact) mass is 482 g/mol. The van der Waals surface area contributed by atoms with Gasteiger partial charge in [0.05, 0.1) is 23.0 Å². The van der Waals surface area contributed by atoms with Crippen molar-refractivity contribution in [3.63, 3.8) is 0 Å². The summed E-state index contributed by atoms with van der Waals surface area (Å²) >= 11 is 7.58. The molecule has 34 heavy (non-hydrogen) atoms. The van der Waals surface area contributed by atoms with Gasteiger partial charge in [-0.05, 0) is 60.7 Å². The molecule has 5 aromatic rings. The Morgan fingerprint density at radius 1 is 0.971 bits per heavy atom. The number of hydrogen-bond donors (Lipinski definition) is 1. The maximum atomic E-state index is 13.0. The predicted octanol–water partition coefficient (Wildman–Crippen LogP) is 7.12. The van der Waals surface area contributed by atoms with Gasteiger partial charge in [0.2, 0.25) is 0 Å². The molecule has 3 aromatic carbocycles. The fraction of sp³-hybridized carbons (Fsp3) is 0. The summed E-state index contributed by atoms with van der Waals surface area (Å²) in [7, 11) is 0. The lowest BCUT2D eigenvalue weighted by molar-refractivity contribution is 0.102. The zero-order valence-electron chi connectivity index (χ0n) is 17.9. The summed E-state index contributed by atoms with van der Waals surface area (Å²) in [6.45, 7) is 0. The Bertz CT molecular complexity index is 1500. The van der Waals surface area contributed by atoms with Gasteiger partial charge < -0.3 is 5.32 Å². The number of amides is 1. The van der Waals surface area contributed by atoms with Crippen LogP contribution in [0.2, 0.25) is 5.02 Å². The van der Waals surface area contributed by atoms with Crippen LogP contribution in [-0.2, 0) is 0 Å². The van der Waals surface area contributed by atoms with E-state index in [1.165, 1.54) is 11.8 Å². The molecule has 0 aliphatic rings. The van der Waals surface area contributed by atoms with E-state index >= 15 is 0 Å². The van der Waals surface area contributed by atoms with Crippen molar-refractivity contribution >= 4 is 58.1 Å². The molecule has 0 saturated heterocycles. The molecule has 0 fully saturated rings. The Morgan fingerprint density at radius 3 is 2.71 bits per heavy atom. The largest absolute Gasteiger partial charge is 0.322 e. The third-order valence-corrected chi connectivity index (χ3v) is 6.39. The number of aromatic nitrogens is 3. The lowest BCUT2D eigenvalue weighted by Gasteiger charge is -2.10. The van der Waals surface area contributed by atoms with E-state index in [-0.39, 0.29) is 5.91 Å². The molecule has 0 radical (unpaired) electrons. The van der Waals surface area contributed by atoms with E-state index in [4.69, 9.17) is 11.6 Å². The standard InChI is InChI=1S/C27H19ClN4OS/c28-20-6-5-8-22(16-20)31-27(33)24-9-1-2-10-26(24)34-23-12-11-19-18-30-32(25(19)17-23)15-13-21-7-3-4-14-29-21/h1-18H,(H,31,33). The lowest BCUT2D eigenvalue weighted by atomic mass is 10.2. The molecule has 5 nitrogen and oxygen atoms in total. The number of nitrogens with zero attached hydrogens (tertiary/aromatic N) is 3. The summed E-state index contributed by atoms with van der Waals surface area (Å²) in [6.07, 6.45) is 7.40. The molecule has 0 aliphatic heterocycles. The molecule has 0 aliphatic carbocycles. The number of halogens is 1. The van der Waals surface area contributed by atoms with Crippen LogP contribution in [-0.4, -0.2) is 20.7 Å². The van der Waals surface area contributed by atoms with Crippen molar-refractivity contribution in [2.75, 3.05) is 5.32 Å². The number of rotatable bonds is 6. The van der Waals surface area contributed by atoms with Gasteiger partial charge in [-0.2, -0.15) is 5.10 Å². The number of hydrogen-bond acceptors (Lipinski definition) is 4. The van der Waals surface area contributed by atoms with E-state index in [0.717, 1.165) is 26.4 Å². The highest BCUT2D eigenvalue weighted by atomic mass is 35.5. The van der Waals surface area contributed by atoms with Gasteiger partial charge in [0, 0.05) is 38.3 Å². The van der Waals surface area contributed by atoms with Crippen LogP contribution in [0.5, 0.6) is 0 Å². The third kappa shape index (κ3) is 5.03. The van der Waals surface area contributed by atoms with Crippen molar-refractivity contribution in [2.24, 2.45) is 0 Å². The minimum Gasteiger partial charge on any atom is -0.322 e. The number of nitrogens with one attached hydrogen (secondary N) is 1. The maximum absolute atomic E-state index is 13.0. The number of fused-ring (bicyclic) bond motifs is 1. The van der Waals surface area contributed by atoms with Crippen molar-refractivity contribution in [3.05, 3.63) is 114 Å². The first kappa shape index (κ1) is 21.9. The topological polar surface area (TPSA) is 59.8 Å². The molecule has 0 atom stereocenters. The quantitative estimate of drug-likeness (QED) is 0.280. The Labute approximate surface area is 206 Å². The molecule has 0 unspecified atom stereocenters. The second-order valence-corrected chi connectivity index (χ2v) is 8.99. The minimum atomic E-state index is -0.185. The summed E-state index contributed by atoms with van der Waals surface area (Å²) in [4.78, 5) is 19.2. The fourth-order valence-corrected chi connectivity index (χ4v) is 4.62. The fourth-order valence-electron chi connectivity index (χ4n) is 3.46. The SMILES string of the molecule is O=C(Nc1cccc(Cl)c1)c1ccccc1Sc1ccc2cnn(C=Cc3ccccn3)c2c1. The summed E-state index contributed by atoms with van der Waals surface area (Å²) in [6, 6.07) is 26.6. The highest BCUT2D eigenvalue weighted by Crippen LogP contribution is 2.33. The molecule has 0 spiro atoms. The highest BCUT2D eigenvalue weighted by Gasteiger charge is 2.13. The van der Waals surface area contributed by atoms with Gasteiger partial charge >= 0.3 is 0 Å². The van der Waals surface area contributed by atoms with Gasteiger partial charge in [0.15, 0.2) is 0 Å². The van der Waals surface area contributed by atoms with Crippen LogP contribution in [0.25, 0.3) is 23.2 Å². The second-order valence-electron chi connectivity index (χ2n) is 7.44. The second kappa shape index (κ2) is 9.95. The van der Waals surface area contributed by atoms with Crippen molar-refractivity contribution in [3.8, 4) is 0 Å². The van der Waals surface area contributed by atoms with Gasteiger partial charge in [-0.15, -0.1) is 0 Å². The number of benzene rings is 3. The molecule has 2 aromatic heterocycles. The van der Waals surface area contributed by atoms with E-state index in [1.807, 2.05) is 83.8 Å². The van der Waals surface area contributed by atoms with Crippen LogP contribution in [0.4, 0.5) is 5.69 Å². The molecule has 1 N–H and O–H groups in total. The van der Waals surface area contributed by atoms with Crippen molar-refractivity contribution in [1.29, 1.82) is 0 Å². The van der Waals surface area contributed by atoms with Gasteiger partial charge in [-0.3, -0.25) is 9.78 Å². The van der Waals surface area contributed by atoms with Gasteiger partial charge in [-0.25, -0.2) is 4.68 Å². The third-order valence-electron chi connectivity index (χ3n) is 5.09. The van der Waals surface area contributed by atoms with Crippen molar-refractivity contribution in [2.45, 2.75) is 9.79 Å². The van der Waals surface area contributed by atoms with Crippen LogP contribution < -0.4 is 5.32 Å². The average Bonchev–Trinajstić information content (AvgIpc) is 3.26. The Morgan fingerprint density at radius 2 is 1.85 bits per heavy atom. The molecule has 2 heterocycles. The van der Waals surface area contributed by atoms with Crippen LogP contribution in [0.1, 0.15) is 16.1 Å². The van der Waals surface area contributed by atoms with Gasteiger partial charge in [0.25, 0.3) is 5.91 Å². The molecule has 5 rings (SSSR count). The zero-order valence-corrected chi connectivity index (χ0v) is 19.5. The molecule has 7 heteroatoms. The normalized spacial score (nSPS) is 11.2. The van der Waals surface area contributed by atoms with Crippen LogP contribution in [0.3, 0.4) is 0 Å². The first-order valence-electron chi connectivity index (χ1n) is 10.6. The van der Waals surface area contributed by atoms with E-state index in [9.17, 15) is 4.79 Å². The Hall–Kier alpha value is -3.87. The first-order valence-corrected chi connectivity index (χ1v) is 11.8. The number of pyridine rings is 1. The summed E-state index contributed by atoms with van der Waals surface area (Å²) in [5.74, 6) is -0.185. The highest BCUT2D eigenvalue weighted by molar-refractivity contribution is 7.99. The molecular weight excluding hydrogens is 464 g/mol. The maximum Gasteiger partial charge on any atom is 0.256 e. The van der Waals surface area contributed by atoms with Crippen LogP contribution in [0, 0.1) is 0 Å². The van der Waals surface area contributed by atoms with E-state index in [0.29, 0.717) is 16.3 Å². The summed E-state index contributed by atoms with van der Waals surface area (Å²) in [5, 5.41) is 9.00. The lowest BCUT2D eigenvalue weighted by Crippen LogP contribution is -2.12. The van der Waals surface area contributed by atoms with E-state index in [2.05, 4.69) is 21.5 Å². The zero-order chi connectivity index (χ0) is 23.3. The summed E-state index contributed by atoms with van der Waals surface area (Å²) in [5.41, 5.74) is 3.08. The summed E-state index contributed by atoms with van der Waals surface area (Å²) < 4.78 is 1.83. The number of carbonyl (C=O) groups is 1. The van der Waals surface area contributed by atoms with E-state index in [1.54, 1.807) is 24.4 Å². The minimum absolute atomic E-state index is 0.185. The molecule has 0 bridgehead atoms. The first-order chi connectivity index (χ1) is 16.7. The van der Waals surface area contributed by atoms with Crippen molar-refractivity contribution in [1.82, 2.24) is 14.8 Å². The van der Waals surface area contributed by atoms with Crippen molar-refractivity contribution < 1.29 is 4.79 Å². The van der Waals surface area contributed by atoms with E-state index < -0.39 is 0 Å². The Balaban J connectivity index is 1.40. The number of carbonyl (C=O) groups excluding carboxylic acids is 1. The molecule has 0 saturated carbocycles. The van der Waals surface area contributed by atoms with Crippen LogP contribution >= 0.6 is 23.4 Å². The van der Waals surface area contributed by atoms with Crippen LogP contribution in [0.15, 0.2) is 107 Å². The average molecular weight is 483 g/mol.